The Morgan fingerprint density at radius 3 is 2.36 bits per heavy atom. The van der Waals surface area contributed by atoms with Crippen LogP contribution < -0.4 is 10.3 Å². The molecule has 1 unspecified atom stereocenters. The van der Waals surface area contributed by atoms with E-state index < -0.39 is 16.1 Å². The molecular weight excluding hydrogens is 438 g/mol. The summed E-state index contributed by atoms with van der Waals surface area (Å²) in [7, 11) is -2.29. The zero-order chi connectivity index (χ0) is 24.0. The van der Waals surface area contributed by atoms with E-state index in [1.54, 1.807) is 48.1 Å². The van der Waals surface area contributed by atoms with E-state index >= 15 is 0 Å². The Bertz CT molecular complexity index is 1240. The van der Waals surface area contributed by atoms with E-state index in [-0.39, 0.29) is 10.5 Å². The maximum atomic E-state index is 13.7. The fourth-order valence-electron chi connectivity index (χ4n) is 4.04. The molecule has 33 heavy (non-hydrogen) atoms. The molecule has 0 saturated carbocycles. The monoisotopic (exact) mass is 471 g/mol. The third-order valence-electron chi connectivity index (χ3n) is 5.91. The molecular formula is C25H33N3O4S. The Hall–Kier alpha value is -2.71. The first-order valence-corrected chi connectivity index (χ1v) is 12.9. The Kier molecular flexibility index (Phi) is 8.26. The lowest BCUT2D eigenvalue weighted by Crippen LogP contribution is -2.38. The Morgan fingerprint density at radius 1 is 1.03 bits per heavy atom. The van der Waals surface area contributed by atoms with E-state index in [9.17, 15) is 13.2 Å². The van der Waals surface area contributed by atoms with Crippen molar-refractivity contribution >= 4 is 20.9 Å². The third-order valence-corrected chi connectivity index (χ3v) is 7.90. The van der Waals surface area contributed by atoms with Crippen molar-refractivity contribution in [3.8, 4) is 5.75 Å². The largest absolute Gasteiger partial charge is 0.497 e. The predicted octanol–water partition coefficient (Wildman–Crippen LogP) is 4.76. The summed E-state index contributed by atoms with van der Waals surface area (Å²) in [6, 6.07) is 13.0. The lowest BCUT2D eigenvalue weighted by atomic mass is 10.2. The molecule has 3 rings (SSSR count). The fraction of sp³-hybridized carbons (Fsp3) is 0.440. The summed E-state index contributed by atoms with van der Waals surface area (Å²) in [5.41, 5.74) is 0.416. The molecule has 0 bridgehead atoms. The van der Waals surface area contributed by atoms with Crippen LogP contribution in [0.4, 0.5) is 0 Å². The van der Waals surface area contributed by atoms with Gasteiger partial charge in [0.1, 0.15) is 11.6 Å². The van der Waals surface area contributed by atoms with Crippen LogP contribution in [0.5, 0.6) is 5.75 Å². The molecule has 1 atom stereocenters. The number of para-hydroxylation sites is 1. The van der Waals surface area contributed by atoms with Gasteiger partial charge in [-0.25, -0.2) is 13.4 Å². The van der Waals surface area contributed by atoms with Gasteiger partial charge < -0.3 is 4.74 Å². The standard InChI is InChI=1S/C25H33N3O4S/c1-5-7-8-11-18-28(33(30,31)21-16-14-20(32-4)15-17-21)19(3)24-26-23-13-10-9-12-22(23)25(29)27(24)6-2/h9-10,12-17,19H,5-8,11,18H2,1-4H3. The number of nitrogens with zero attached hydrogens (tertiary/aromatic N) is 3. The van der Waals surface area contributed by atoms with Crippen LogP contribution in [0, 0.1) is 0 Å². The van der Waals surface area contributed by atoms with Gasteiger partial charge in [-0.05, 0) is 56.7 Å². The second-order valence-electron chi connectivity index (χ2n) is 8.06. The molecule has 2 aromatic carbocycles. The normalized spacial score (nSPS) is 12.9. The van der Waals surface area contributed by atoms with E-state index in [0.717, 1.165) is 25.7 Å². The predicted molar refractivity (Wildman–Crippen MR) is 131 cm³/mol. The van der Waals surface area contributed by atoms with Gasteiger partial charge in [-0.15, -0.1) is 0 Å². The minimum Gasteiger partial charge on any atom is -0.497 e. The van der Waals surface area contributed by atoms with Crippen molar-refractivity contribution in [2.24, 2.45) is 0 Å². The van der Waals surface area contributed by atoms with Gasteiger partial charge in [-0.2, -0.15) is 4.31 Å². The van der Waals surface area contributed by atoms with E-state index in [2.05, 4.69) is 6.92 Å². The number of sulfonamides is 1. The average Bonchev–Trinajstić information content (AvgIpc) is 2.83. The number of hydrogen-bond acceptors (Lipinski definition) is 5. The number of fused-ring (bicyclic) bond motifs is 1. The molecule has 178 valence electrons. The fourth-order valence-corrected chi connectivity index (χ4v) is 5.67. The molecule has 0 radical (unpaired) electrons. The smallest absolute Gasteiger partial charge is 0.261 e. The van der Waals surface area contributed by atoms with Gasteiger partial charge in [0, 0.05) is 13.1 Å². The van der Waals surface area contributed by atoms with Crippen LogP contribution in [-0.4, -0.2) is 35.9 Å². The van der Waals surface area contributed by atoms with Crippen LogP contribution in [-0.2, 0) is 16.6 Å². The number of hydrogen-bond donors (Lipinski definition) is 0. The first kappa shape index (κ1) is 24.9. The summed E-state index contributed by atoms with van der Waals surface area (Å²) in [5, 5.41) is 0.530. The van der Waals surface area contributed by atoms with E-state index in [4.69, 9.17) is 9.72 Å². The van der Waals surface area contributed by atoms with Crippen molar-refractivity contribution in [3.63, 3.8) is 0 Å². The van der Waals surface area contributed by atoms with Gasteiger partial charge >= 0.3 is 0 Å². The number of ether oxygens (including phenoxy) is 1. The summed E-state index contributed by atoms with van der Waals surface area (Å²) in [6.45, 7) is 6.55. The number of aromatic nitrogens is 2. The summed E-state index contributed by atoms with van der Waals surface area (Å²) < 4.78 is 35.7. The van der Waals surface area contributed by atoms with E-state index in [1.807, 2.05) is 26.0 Å². The minimum atomic E-state index is -3.83. The average molecular weight is 472 g/mol. The molecule has 0 fully saturated rings. The van der Waals surface area contributed by atoms with Crippen LogP contribution in [0.25, 0.3) is 10.9 Å². The molecule has 0 amide bonds. The highest BCUT2D eigenvalue weighted by Crippen LogP contribution is 2.29. The van der Waals surface area contributed by atoms with Gasteiger partial charge in [-0.1, -0.05) is 38.3 Å². The quantitative estimate of drug-likeness (QED) is 0.377. The molecule has 0 aliphatic heterocycles. The topological polar surface area (TPSA) is 81.5 Å². The molecule has 8 heteroatoms. The third kappa shape index (κ3) is 5.28. The molecule has 7 nitrogen and oxygen atoms in total. The van der Waals surface area contributed by atoms with Crippen molar-refractivity contribution in [1.82, 2.24) is 13.9 Å². The zero-order valence-corrected chi connectivity index (χ0v) is 20.6. The van der Waals surface area contributed by atoms with E-state index in [0.29, 0.717) is 35.6 Å². The zero-order valence-electron chi connectivity index (χ0n) is 19.8. The summed E-state index contributed by atoms with van der Waals surface area (Å²) >= 11 is 0. The van der Waals surface area contributed by atoms with Crippen molar-refractivity contribution in [1.29, 1.82) is 0 Å². The Balaban J connectivity index is 2.09. The maximum absolute atomic E-state index is 13.7. The van der Waals surface area contributed by atoms with Gasteiger partial charge in [0.05, 0.1) is 29.0 Å². The van der Waals surface area contributed by atoms with Crippen molar-refractivity contribution in [2.75, 3.05) is 13.7 Å². The van der Waals surface area contributed by atoms with Crippen molar-refractivity contribution in [3.05, 3.63) is 64.7 Å². The van der Waals surface area contributed by atoms with Crippen LogP contribution in [0.2, 0.25) is 0 Å². The summed E-state index contributed by atoms with van der Waals surface area (Å²) in [6.07, 6.45) is 3.77. The molecule has 0 N–H and O–H groups in total. The molecule has 0 aliphatic rings. The minimum absolute atomic E-state index is 0.155. The molecule has 0 spiro atoms. The number of benzene rings is 2. The van der Waals surface area contributed by atoms with Crippen LogP contribution in [0.1, 0.15) is 58.3 Å². The van der Waals surface area contributed by atoms with Gasteiger partial charge in [-0.3, -0.25) is 9.36 Å². The number of rotatable bonds is 11. The van der Waals surface area contributed by atoms with Gasteiger partial charge in [0.25, 0.3) is 5.56 Å². The van der Waals surface area contributed by atoms with Gasteiger partial charge in [0.2, 0.25) is 10.0 Å². The molecule has 0 saturated heterocycles. The van der Waals surface area contributed by atoms with Crippen LogP contribution >= 0.6 is 0 Å². The highest BCUT2D eigenvalue weighted by Gasteiger charge is 2.32. The Labute approximate surface area is 196 Å². The summed E-state index contributed by atoms with van der Waals surface area (Å²) in [4.78, 5) is 18.1. The lowest BCUT2D eigenvalue weighted by molar-refractivity contribution is 0.314. The molecule has 0 aliphatic carbocycles. The second-order valence-corrected chi connectivity index (χ2v) is 9.96. The van der Waals surface area contributed by atoms with Gasteiger partial charge in [0.15, 0.2) is 0 Å². The SMILES string of the molecule is CCCCCCN(C(C)c1nc2ccccc2c(=O)n1CC)S(=O)(=O)c1ccc(OC)cc1. The molecule has 1 heterocycles. The van der Waals surface area contributed by atoms with Crippen LogP contribution in [0.3, 0.4) is 0 Å². The number of methoxy groups -OCH3 is 1. The molecule has 3 aromatic rings. The van der Waals surface area contributed by atoms with Crippen molar-refractivity contribution in [2.45, 2.75) is 63.9 Å². The lowest BCUT2D eigenvalue weighted by Gasteiger charge is -2.29. The summed E-state index contributed by atoms with van der Waals surface area (Å²) in [5.74, 6) is 1.04. The number of unbranched alkanes of at least 4 members (excludes halogenated alkanes) is 3. The van der Waals surface area contributed by atoms with Crippen molar-refractivity contribution < 1.29 is 13.2 Å². The highest BCUT2D eigenvalue weighted by atomic mass is 32.2. The first-order chi connectivity index (χ1) is 15.8. The maximum Gasteiger partial charge on any atom is 0.261 e. The second kappa shape index (κ2) is 10.9. The van der Waals surface area contributed by atoms with E-state index in [1.165, 1.54) is 4.31 Å². The first-order valence-electron chi connectivity index (χ1n) is 11.5. The Morgan fingerprint density at radius 2 is 1.73 bits per heavy atom. The molecule has 1 aromatic heterocycles. The van der Waals surface area contributed by atoms with Crippen LogP contribution in [0.15, 0.2) is 58.2 Å². The highest BCUT2D eigenvalue weighted by molar-refractivity contribution is 7.89.